The maximum atomic E-state index is 6.02. The maximum absolute atomic E-state index is 6.02. The zero-order valence-electron chi connectivity index (χ0n) is 10.2. The van der Waals surface area contributed by atoms with Gasteiger partial charge in [0, 0.05) is 5.75 Å². The minimum absolute atomic E-state index is 0.401. The van der Waals surface area contributed by atoms with E-state index in [0.717, 1.165) is 30.9 Å². The fourth-order valence-electron chi connectivity index (χ4n) is 2.08. The van der Waals surface area contributed by atoms with Crippen molar-refractivity contribution >= 4 is 11.8 Å². The molecule has 94 valence electrons. The van der Waals surface area contributed by atoms with Crippen molar-refractivity contribution in [2.24, 2.45) is 5.73 Å². The Labute approximate surface area is 108 Å². The smallest absolute Gasteiger partial charge is 0.120 e. The Balaban J connectivity index is 1.90. The van der Waals surface area contributed by atoms with Crippen LogP contribution in [0.4, 0.5) is 0 Å². The fraction of sp³-hybridized carbons (Fsp3) is 0.571. The number of hydrogen-bond donors (Lipinski definition) is 1. The zero-order valence-corrected chi connectivity index (χ0v) is 11.0. The van der Waals surface area contributed by atoms with Crippen LogP contribution in [-0.4, -0.2) is 24.2 Å². The van der Waals surface area contributed by atoms with E-state index < -0.39 is 0 Å². The highest BCUT2D eigenvalue weighted by molar-refractivity contribution is 7.99. The van der Waals surface area contributed by atoms with E-state index in [2.05, 4.69) is 24.3 Å². The standard InChI is InChI=1S/C14H21NOS/c15-8-2-5-12-4-1-6-13(10-12)16-14-7-3-9-17-11-14/h1,4,6,10,14H,2-3,5,7-9,11,15H2. The van der Waals surface area contributed by atoms with E-state index in [1.165, 1.54) is 24.2 Å². The van der Waals surface area contributed by atoms with Crippen LogP contribution in [-0.2, 0) is 6.42 Å². The molecule has 1 heterocycles. The highest BCUT2D eigenvalue weighted by Gasteiger charge is 2.15. The van der Waals surface area contributed by atoms with Crippen molar-refractivity contribution in [1.82, 2.24) is 0 Å². The predicted molar refractivity (Wildman–Crippen MR) is 74.8 cm³/mol. The third-order valence-electron chi connectivity index (χ3n) is 2.99. The number of ether oxygens (including phenoxy) is 1. The SMILES string of the molecule is NCCCc1cccc(OC2CCCSC2)c1. The Kier molecular flexibility index (Phi) is 5.20. The topological polar surface area (TPSA) is 35.2 Å². The first-order valence-corrected chi connectivity index (χ1v) is 7.57. The number of aryl methyl sites for hydroxylation is 1. The first kappa shape index (κ1) is 12.8. The second kappa shape index (κ2) is 6.92. The van der Waals surface area contributed by atoms with Gasteiger partial charge in [0.25, 0.3) is 0 Å². The van der Waals surface area contributed by atoms with Gasteiger partial charge in [0.15, 0.2) is 0 Å². The highest BCUT2D eigenvalue weighted by Crippen LogP contribution is 2.23. The molecule has 17 heavy (non-hydrogen) atoms. The Morgan fingerprint density at radius 2 is 2.35 bits per heavy atom. The van der Waals surface area contributed by atoms with Gasteiger partial charge in [-0.1, -0.05) is 12.1 Å². The number of thioether (sulfide) groups is 1. The van der Waals surface area contributed by atoms with Gasteiger partial charge in [0.2, 0.25) is 0 Å². The van der Waals surface area contributed by atoms with Gasteiger partial charge in [-0.15, -0.1) is 0 Å². The van der Waals surface area contributed by atoms with E-state index in [9.17, 15) is 0 Å². The molecule has 1 saturated heterocycles. The molecule has 1 aromatic carbocycles. The molecule has 0 radical (unpaired) electrons. The molecular formula is C14H21NOS. The molecule has 1 aliphatic rings. The molecule has 1 aliphatic heterocycles. The number of rotatable bonds is 5. The van der Waals surface area contributed by atoms with Gasteiger partial charge < -0.3 is 10.5 Å². The van der Waals surface area contributed by atoms with Gasteiger partial charge in [-0.3, -0.25) is 0 Å². The van der Waals surface area contributed by atoms with Crippen LogP contribution in [0, 0.1) is 0 Å². The number of nitrogens with two attached hydrogens (primary N) is 1. The minimum atomic E-state index is 0.401. The summed E-state index contributed by atoms with van der Waals surface area (Å²) in [6, 6.07) is 8.45. The van der Waals surface area contributed by atoms with Gasteiger partial charge in [-0.05, 0) is 55.7 Å². The number of benzene rings is 1. The summed E-state index contributed by atoms with van der Waals surface area (Å²) in [5.74, 6) is 3.44. The normalized spacial score (nSPS) is 20.2. The average molecular weight is 251 g/mol. The van der Waals surface area contributed by atoms with Crippen molar-refractivity contribution in [2.75, 3.05) is 18.1 Å². The third-order valence-corrected chi connectivity index (χ3v) is 4.17. The molecule has 0 aromatic heterocycles. The van der Waals surface area contributed by atoms with Crippen LogP contribution in [0.5, 0.6) is 5.75 Å². The summed E-state index contributed by atoms with van der Waals surface area (Å²) in [4.78, 5) is 0. The van der Waals surface area contributed by atoms with Gasteiger partial charge in [0.1, 0.15) is 11.9 Å². The van der Waals surface area contributed by atoms with Gasteiger partial charge >= 0.3 is 0 Å². The Hall–Kier alpha value is -0.670. The lowest BCUT2D eigenvalue weighted by atomic mass is 10.1. The van der Waals surface area contributed by atoms with Crippen LogP contribution in [0.1, 0.15) is 24.8 Å². The van der Waals surface area contributed by atoms with Crippen molar-refractivity contribution in [3.8, 4) is 5.75 Å². The molecule has 2 rings (SSSR count). The van der Waals surface area contributed by atoms with Crippen LogP contribution in [0.15, 0.2) is 24.3 Å². The molecule has 2 N–H and O–H groups in total. The molecule has 1 fully saturated rings. The first-order chi connectivity index (χ1) is 8.38. The Bertz CT molecular complexity index is 337. The number of hydrogen-bond acceptors (Lipinski definition) is 3. The molecule has 0 aliphatic carbocycles. The Morgan fingerprint density at radius 1 is 1.41 bits per heavy atom. The molecule has 1 unspecified atom stereocenters. The van der Waals surface area contributed by atoms with Crippen molar-refractivity contribution in [1.29, 1.82) is 0 Å². The molecule has 0 saturated carbocycles. The largest absolute Gasteiger partial charge is 0.490 e. The lowest BCUT2D eigenvalue weighted by Crippen LogP contribution is -2.23. The molecule has 0 amide bonds. The van der Waals surface area contributed by atoms with E-state index in [4.69, 9.17) is 10.5 Å². The Morgan fingerprint density at radius 3 is 3.12 bits per heavy atom. The van der Waals surface area contributed by atoms with E-state index in [1.807, 2.05) is 11.8 Å². The lowest BCUT2D eigenvalue weighted by molar-refractivity contribution is 0.211. The van der Waals surface area contributed by atoms with Crippen molar-refractivity contribution < 1.29 is 4.74 Å². The molecule has 3 heteroatoms. The molecule has 1 atom stereocenters. The molecule has 1 aromatic rings. The van der Waals surface area contributed by atoms with E-state index in [-0.39, 0.29) is 0 Å². The summed E-state index contributed by atoms with van der Waals surface area (Å²) in [6.07, 6.45) is 4.97. The van der Waals surface area contributed by atoms with Gasteiger partial charge in [0.05, 0.1) is 0 Å². The second-order valence-corrected chi connectivity index (χ2v) is 5.65. The summed E-state index contributed by atoms with van der Waals surface area (Å²) in [7, 11) is 0. The molecule has 0 spiro atoms. The van der Waals surface area contributed by atoms with Crippen LogP contribution >= 0.6 is 11.8 Å². The predicted octanol–water partition coefficient (Wildman–Crippen LogP) is 2.85. The van der Waals surface area contributed by atoms with Crippen LogP contribution in [0.2, 0.25) is 0 Å². The van der Waals surface area contributed by atoms with Crippen LogP contribution in [0.3, 0.4) is 0 Å². The van der Waals surface area contributed by atoms with E-state index in [1.54, 1.807) is 0 Å². The van der Waals surface area contributed by atoms with Crippen molar-refractivity contribution in [3.63, 3.8) is 0 Å². The summed E-state index contributed by atoms with van der Waals surface area (Å²) in [5.41, 5.74) is 6.86. The second-order valence-electron chi connectivity index (χ2n) is 4.50. The lowest BCUT2D eigenvalue weighted by Gasteiger charge is -2.22. The maximum Gasteiger partial charge on any atom is 0.120 e. The minimum Gasteiger partial charge on any atom is -0.490 e. The summed E-state index contributed by atoms with van der Waals surface area (Å²) in [5, 5.41) is 0. The van der Waals surface area contributed by atoms with Gasteiger partial charge in [-0.25, -0.2) is 0 Å². The van der Waals surface area contributed by atoms with Crippen molar-refractivity contribution in [2.45, 2.75) is 31.8 Å². The zero-order chi connectivity index (χ0) is 11.9. The van der Waals surface area contributed by atoms with Crippen molar-refractivity contribution in [3.05, 3.63) is 29.8 Å². The van der Waals surface area contributed by atoms with Gasteiger partial charge in [-0.2, -0.15) is 11.8 Å². The summed E-state index contributed by atoms with van der Waals surface area (Å²) in [6.45, 7) is 0.754. The van der Waals surface area contributed by atoms with Crippen LogP contribution in [0.25, 0.3) is 0 Å². The molecular weight excluding hydrogens is 230 g/mol. The molecule has 0 bridgehead atoms. The van der Waals surface area contributed by atoms with E-state index in [0.29, 0.717) is 6.10 Å². The van der Waals surface area contributed by atoms with Crippen LogP contribution < -0.4 is 10.5 Å². The third kappa shape index (κ3) is 4.25. The summed E-state index contributed by atoms with van der Waals surface area (Å²) >= 11 is 2.00. The fourth-order valence-corrected chi connectivity index (χ4v) is 3.11. The highest BCUT2D eigenvalue weighted by atomic mass is 32.2. The monoisotopic (exact) mass is 251 g/mol. The first-order valence-electron chi connectivity index (χ1n) is 6.42. The van der Waals surface area contributed by atoms with E-state index >= 15 is 0 Å². The average Bonchev–Trinajstić information content (AvgIpc) is 2.38. The quantitative estimate of drug-likeness (QED) is 0.874. The molecule has 2 nitrogen and oxygen atoms in total. The summed E-state index contributed by atoms with van der Waals surface area (Å²) < 4.78 is 6.02.